The molecule has 0 aliphatic rings. The molecule has 0 unspecified atom stereocenters. The molecule has 0 fully saturated rings. The van der Waals surface area contributed by atoms with Crippen LogP contribution in [0.3, 0.4) is 0 Å². The number of nitrogens with one attached hydrogen (secondary N) is 2. The Hall–Kier alpha value is -2.17. The molecule has 5 nitrogen and oxygen atoms in total. The molecule has 0 amide bonds. The second kappa shape index (κ2) is 6.68. The van der Waals surface area contributed by atoms with Gasteiger partial charge in [-0.1, -0.05) is 0 Å². The summed E-state index contributed by atoms with van der Waals surface area (Å²) in [5.41, 5.74) is 2.32. The van der Waals surface area contributed by atoms with Crippen molar-refractivity contribution in [1.29, 1.82) is 0 Å². The highest BCUT2D eigenvalue weighted by molar-refractivity contribution is 5.46. The first-order valence-electron chi connectivity index (χ1n) is 6.50. The Morgan fingerprint density at radius 1 is 1.16 bits per heavy atom. The lowest BCUT2D eigenvalue weighted by Crippen LogP contribution is -2.10. The van der Waals surface area contributed by atoms with E-state index >= 15 is 0 Å². The summed E-state index contributed by atoms with van der Waals surface area (Å²) < 4.78 is 0. The fourth-order valence-corrected chi connectivity index (χ4v) is 1.74. The van der Waals surface area contributed by atoms with Crippen LogP contribution in [-0.2, 0) is 6.42 Å². The zero-order valence-electron chi connectivity index (χ0n) is 11.3. The van der Waals surface area contributed by atoms with Crippen LogP contribution in [0.15, 0.2) is 30.7 Å². The lowest BCUT2D eigenvalue weighted by Gasteiger charge is -2.10. The highest BCUT2D eigenvalue weighted by Crippen LogP contribution is 2.12. The second-order valence-corrected chi connectivity index (χ2v) is 4.29. The standard InChI is InChI=1S/C14H19N5/c1-3-16-14-18-10-11(2)13(19-14)17-9-6-12-4-7-15-8-5-12/h4-5,7-8,10H,3,6,9H2,1-2H3,(H2,16,17,18,19). The van der Waals surface area contributed by atoms with Crippen LogP contribution in [0, 0.1) is 6.92 Å². The Morgan fingerprint density at radius 2 is 1.95 bits per heavy atom. The molecule has 0 saturated carbocycles. The zero-order valence-corrected chi connectivity index (χ0v) is 11.3. The van der Waals surface area contributed by atoms with Gasteiger partial charge in [0.25, 0.3) is 0 Å². The predicted molar refractivity (Wildman–Crippen MR) is 77.4 cm³/mol. The smallest absolute Gasteiger partial charge is 0.224 e. The van der Waals surface area contributed by atoms with E-state index in [1.807, 2.05) is 44.6 Å². The molecule has 0 radical (unpaired) electrons. The molecule has 0 atom stereocenters. The van der Waals surface area contributed by atoms with Crippen LogP contribution in [0.2, 0.25) is 0 Å². The highest BCUT2D eigenvalue weighted by Gasteiger charge is 2.02. The molecule has 2 aromatic rings. The number of hydrogen-bond acceptors (Lipinski definition) is 5. The molecule has 0 spiro atoms. The number of nitrogens with zero attached hydrogens (tertiary/aromatic N) is 3. The van der Waals surface area contributed by atoms with Gasteiger partial charge < -0.3 is 10.6 Å². The number of aromatic nitrogens is 3. The quantitative estimate of drug-likeness (QED) is 0.831. The molecular weight excluding hydrogens is 238 g/mol. The van der Waals surface area contributed by atoms with Gasteiger partial charge in [-0.15, -0.1) is 0 Å². The average Bonchev–Trinajstić information content (AvgIpc) is 2.44. The first-order valence-corrected chi connectivity index (χ1v) is 6.50. The number of rotatable bonds is 6. The van der Waals surface area contributed by atoms with E-state index in [9.17, 15) is 0 Å². The van der Waals surface area contributed by atoms with Gasteiger partial charge in [-0.05, 0) is 38.0 Å². The molecule has 0 aromatic carbocycles. The van der Waals surface area contributed by atoms with Crippen molar-refractivity contribution in [2.45, 2.75) is 20.3 Å². The van der Waals surface area contributed by atoms with E-state index in [2.05, 4.69) is 25.6 Å². The number of aryl methyl sites for hydroxylation is 1. The zero-order chi connectivity index (χ0) is 13.5. The minimum absolute atomic E-state index is 0.666. The lowest BCUT2D eigenvalue weighted by atomic mass is 10.2. The molecule has 2 aromatic heterocycles. The summed E-state index contributed by atoms with van der Waals surface area (Å²) in [4.78, 5) is 12.7. The number of hydrogen-bond donors (Lipinski definition) is 2. The fourth-order valence-electron chi connectivity index (χ4n) is 1.74. The van der Waals surface area contributed by atoms with Crippen molar-refractivity contribution in [2.75, 3.05) is 23.7 Å². The summed E-state index contributed by atoms with van der Waals surface area (Å²) in [7, 11) is 0. The van der Waals surface area contributed by atoms with Crippen molar-refractivity contribution in [3.8, 4) is 0 Å². The monoisotopic (exact) mass is 257 g/mol. The van der Waals surface area contributed by atoms with Gasteiger partial charge in [-0.2, -0.15) is 4.98 Å². The molecule has 0 saturated heterocycles. The molecule has 5 heteroatoms. The molecule has 19 heavy (non-hydrogen) atoms. The number of pyridine rings is 1. The van der Waals surface area contributed by atoms with E-state index in [-0.39, 0.29) is 0 Å². The summed E-state index contributed by atoms with van der Waals surface area (Å²) >= 11 is 0. The Balaban J connectivity index is 1.93. The van der Waals surface area contributed by atoms with E-state index < -0.39 is 0 Å². The normalized spacial score (nSPS) is 10.2. The fraction of sp³-hybridized carbons (Fsp3) is 0.357. The van der Waals surface area contributed by atoms with Crippen LogP contribution in [0.25, 0.3) is 0 Å². The van der Waals surface area contributed by atoms with E-state index in [0.29, 0.717) is 5.95 Å². The van der Waals surface area contributed by atoms with Crippen molar-refractivity contribution in [3.05, 3.63) is 41.9 Å². The third kappa shape index (κ3) is 3.91. The van der Waals surface area contributed by atoms with Gasteiger partial charge in [-0.3, -0.25) is 4.98 Å². The summed E-state index contributed by atoms with van der Waals surface area (Å²) in [6.45, 7) is 5.69. The predicted octanol–water partition coefficient (Wildman–Crippen LogP) is 2.27. The summed E-state index contributed by atoms with van der Waals surface area (Å²) in [6.07, 6.45) is 6.41. The van der Waals surface area contributed by atoms with Crippen LogP contribution >= 0.6 is 0 Å². The molecule has 0 bridgehead atoms. The minimum atomic E-state index is 0.666. The van der Waals surface area contributed by atoms with Crippen LogP contribution in [0.1, 0.15) is 18.1 Å². The topological polar surface area (TPSA) is 62.7 Å². The van der Waals surface area contributed by atoms with Gasteiger partial charge in [-0.25, -0.2) is 4.98 Å². The van der Waals surface area contributed by atoms with E-state index in [0.717, 1.165) is 30.9 Å². The molecule has 100 valence electrons. The van der Waals surface area contributed by atoms with Crippen LogP contribution < -0.4 is 10.6 Å². The van der Waals surface area contributed by atoms with Gasteiger partial charge in [0.05, 0.1) is 0 Å². The Bertz CT molecular complexity index is 512. The molecule has 2 N–H and O–H groups in total. The molecule has 2 heterocycles. The lowest BCUT2D eigenvalue weighted by molar-refractivity contribution is 0.982. The maximum atomic E-state index is 4.45. The van der Waals surface area contributed by atoms with Crippen LogP contribution in [0.5, 0.6) is 0 Å². The molecular formula is C14H19N5. The highest BCUT2D eigenvalue weighted by atomic mass is 15.1. The first kappa shape index (κ1) is 13.3. The summed E-state index contributed by atoms with van der Waals surface area (Å²) in [5.74, 6) is 1.56. The van der Waals surface area contributed by atoms with Gasteiger partial charge in [0, 0.05) is 37.2 Å². The van der Waals surface area contributed by atoms with E-state index in [1.54, 1.807) is 0 Å². The Labute approximate surface area is 113 Å². The van der Waals surface area contributed by atoms with Crippen molar-refractivity contribution >= 4 is 11.8 Å². The van der Waals surface area contributed by atoms with Gasteiger partial charge in [0.1, 0.15) is 5.82 Å². The van der Waals surface area contributed by atoms with Crippen LogP contribution in [0.4, 0.5) is 11.8 Å². The summed E-state index contributed by atoms with van der Waals surface area (Å²) in [6, 6.07) is 4.05. The van der Waals surface area contributed by atoms with Crippen molar-refractivity contribution < 1.29 is 0 Å². The van der Waals surface area contributed by atoms with Gasteiger partial charge in [0.15, 0.2) is 0 Å². The van der Waals surface area contributed by atoms with E-state index in [1.165, 1.54) is 5.56 Å². The largest absolute Gasteiger partial charge is 0.369 e. The van der Waals surface area contributed by atoms with Crippen molar-refractivity contribution in [2.24, 2.45) is 0 Å². The number of anilines is 2. The van der Waals surface area contributed by atoms with E-state index in [4.69, 9.17) is 0 Å². The van der Waals surface area contributed by atoms with Crippen LogP contribution in [-0.4, -0.2) is 28.0 Å². The third-order valence-corrected chi connectivity index (χ3v) is 2.76. The SMILES string of the molecule is CCNc1ncc(C)c(NCCc2ccncc2)n1. The van der Waals surface area contributed by atoms with Gasteiger partial charge >= 0.3 is 0 Å². The molecule has 0 aliphatic carbocycles. The maximum Gasteiger partial charge on any atom is 0.224 e. The Kier molecular flexibility index (Phi) is 4.66. The van der Waals surface area contributed by atoms with Crippen molar-refractivity contribution in [1.82, 2.24) is 15.0 Å². The minimum Gasteiger partial charge on any atom is -0.369 e. The first-order chi connectivity index (χ1) is 9.29. The second-order valence-electron chi connectivity index (χ2n) is 4.29. The Morgan fingerprint density at radius 3 is 2.68 bits per heavy atom. The molecule has 0 aliphatic heterocycles. The average molecular weight is 257 g/mol. The maximum absolute atomic E-state index is 4.45. The third-order valence-electron chi connectivity index (χ3n) is 2.76. The van der Waals surface area contributed by atoms with Crippen molar-refractivity contribution in [3.63, 3.8) is 0 Å². The van der Waals surface area contributed by atoms with Gasteiger partial charge in [0.2, 0.25) is 5.95 Å². The molecule has 2 rings (SSSR count). The summed E-state index contributed by atoms with van der Waals surface area (Å²) in [5, 5.41) is 6.46.